The van der Waals surface area contributed by atoms with Crippen LogP contribution in [0.1, 0.15) is 17.8 Å². The van der Waals surface area contributed by atoms with Gasteiger partial charge in [-0.2, -0.15) is 0 Å². The SMILES string of the molecule is Cc1ccc([C@H]2OC[C@H](CCl)O2)o1. The summed E-state index contributed by atoms with van der Waals surface area (Å²) < 4.78 is 16.2. The molecular formula is C9H11ClO3. The fourth-order valence-electron chi connectivity index (χ4n) is 1.26. The fourth-order valence-corrected chi connectivity index (χ4v) is 1.42. The van der Waals surface area contributed by atoms with E-state index in [-0.39, 0.29) is 12.4 Å². The van der Waals surface area contributed by atoms with Gasteiger partial charge in [0, 0.05) is 0 Å². The van der Waals surface area contributed by atoms with Gasteiger partial charge in [-0.05, 0) is 19.1 Å². The van der Waals surface area contributed by atoms with E-state index in [0.29, 0.717) is 18.2 Å². The Kier molecular flexibility index (Phi) is 2.58. The van der Waals surface area contributed by atoms with Crippen molar-refractivity contribution in [1.29, 1.82) is 0 Å². The third-order valence-electron chi connectivity index (χ3n) is 1.92. The van der Waals surface area contributed by atoms with Crippen LogP contribution in [0.25, 0.3) is 0 Å². The summed E-state index contributed by atoms with van der Waals surface area (Å²) in [4.78, 5) is 0. The third kappa shape index (κ3) is 1.88. The van der Waals surface area contributed by atoms with Crippen LogP contribution < -0.4 is 0 Å². The van der Waals surface area contributed by atoms with Crippen LogP contribution in [0, 0.1) is 6.92 Å². The second-order valence-corrected chi connectivity index (χ2v) is 3.33. The van der Waals surface area contributed by atoms with Crippen molar-refractivity contribution >= 4 is 11.6 Å². The monoisotopic (exact) mass is 202 g/mol. The average molecular weight is 203 g/mol. The van der Waals surface area contributed by atoms with Crippen molar-refractivity contribution in [3.05, 3.63) is 23.7 Å². The first-order valence-electron chi connectivity index (χ1n) is 4.19. The van der Waals surface area contributed by atoms with Gasteiger partial charge in [-0.3, -0.25) is 0 Å². The van der Waals surface area contributed by atoms with Crippen molar-refractivity contribution in [3.8, 4) is 0 Å². The summed E-state index contributed by atoms with van der Waals surface area (Å²) >= 11 is 5.63. The summed E-state index contributed by atoms with van der Waals surface area (Å²) in [5.74, 6) is 2.03. The molecule has 1 aromatic heterocycles. The van der Waals surface area contributed by atoms with Gasteiger partial charge in [0.15, 0.2) is 5.76 Å². The Labute approximate surface area is 81.6 Å². The Morgan fingerprint density at radius 2 is 2.38 bits per heavy atom. The van der Waals surface area contributed by atoms with E-state index >= 15 is 0 Å². The zero-order valence-electron chi connectivity index (χ0n) is 7.33. The van der Waals surface area contributed by atoms with Gasteiger partial charge in [-0.25, -0.2) is 0 Å². The lowest BCUT2D eigenvalue weighted by molar-refractivity contribution is -0.0710. The Balaban J connectivity index is 2.03. The number of hydrogen-bond donors (Lipinski definition) is 0. The molecule has 0 radical (unpaired) electrons. The number of halogens is 1. The van der Waals surface area contributed by atoms with Crippen LogP contribution in [0.5, 0.6) is 0 Å². The van der Waals surface area contributed by atoms with Crippen LogP contribution in [0.15, 0.2) is 16.5 Å². The lowest BCUT2D eigenvalue weighted by atomic mass is 10.4. The van der Waals surface area contributed by atoms with Crippen LogP contribution in [0.2, 0.25) is 0 Å². The molecule has 0 N–H and O–H groups in total. The van der Waals surface area contributed by atoms with Crippen LogP contribution in [-0.2, 0) is 9.47 Å². The molecule has 0 aromatic carbocycles. The highest BCUT2D eigenvalue weighted by Crippen LogP contribution is 2.28. The molecule has 1 aromatic rings. The second-order valence-electron chi connectivity index (χ2n) is 3.03. The molecule has 4 heteroatoms. The molecule has 2 heterocycles. The van der Waals surface area contributed by atoms with Gasteiger partial charge < -0.3 is 13.9 Å². The third-order valence-corrected chi connectivity index (χ3v) is 2.26. The van der Waals surface area contributed by atoms with Gasteiger partial charge in [0.05, 0.1) is 18.6 Å². The Bertz CT molecular complexity index is 284. The van der Waals surface area contributed by atoms with Crippen molar-refractivity contribution in [2.24, 2.45) is 0 Å². The highest BCUT2D eigenvalue weighted by molar-refractivity contribution is 6.18. The smallest absolute Gasteiger partial charge is 0.217 e. The Morgan fingerprint density at radius 3 is 2.92 bits per heavy atom. The molecule has 0 bridgehead atoms. The summed E-state index contributed by atoms with van der Waals surface area (Å²) in [6, 6.07) is 3.74. The zero-order valence-corrected chi connectivity index (χ0v) is 8.08. The quantitative estimate of drug-likeness (QED) is 0.690. The van der Waals surface area contributed by atoms with Gasteiger partial charge in [0.25, 0.3) is 0 Å². The molecule has 1 aliphatic rings. The number of alkyl halides is 1. The molecule has 1 saturated heterocycles. The van der Waals surface area contributed by atoms with Gasteiger partial charge in [-0.15, -0.1) is 11.6 Å². The van der Waals surface area contributed by atoms with Crippen LogP contribution in [-0.4, -0.2) is 18.6 Å². The zero-order chi connectivity index (χ0) is 9.26. The van der Waals surface area contributed by atoms with E-state index in [0.717, 1.165) is 5.76 Å². The molecule has 0 unspecified atom stereocenters. The summed E-state index contributed by atoms with van der Waals surface area (Å²) in [7, 11) is 0. The normalized spacial score (nSPS) is 28.2. The lowest BCUT2D eigenvalue weighted by Crippen LogP contribution is -2.10. The van der Waals surface area contributed by atoms with Gasteiger partial charge in [-0.1, -0.05) is 0 Å². The highest BCUT2D eigenvalue weighted by atomic mass is 35.5. The molecule has 72 valence electrons. The Hall–Kier alpha value is -0.510. The summed E-state index contributed by atoms with van der Waals surface area (Å²) in [6.45, 7) is 2.42. The fraction of sp³-hybridized carbons (Fsp3) is 0.556. The number of furan rings is 1. The molecule has 1 fully saturated rings. The van der Waals surface area contributed by atoms with Crippen LogP contribution >= 0.6 is 11.6 Å². The first kappa shape index (κ1) is 9.06. The van der Waals surface area contributed by atoms with Gasteiger partial charge in [0.1, 0.15) is 5.76 Å². The first-order valence-corrected chi connectivity index (χ1v) is 4.72. The lowest BCUT2D eigenvalue weighted by Gasteiger charge is -2.06. The van der Waals surface area contributed by atoms with E-state index < -0.39 is 0 Å². The van der Waals surface area contributed by atoms with Gasteiger partial charge >= 0.3 is 0 Å². The van der Waals surface area contributed by atoms with Crippen LogP contribution in [0.3, 0.4) is 0 Å². The topological polar surface area (TPSA) is 31.6 Å². The van der Waals surface area contributed by atoms with Crippen molar-refractivity contribution in [3.63, 3.8) is 0 Å². The molecular weight excluding hydrogens is 192 g/mol. The number of aryl methyl sites for hydroxylation is 1. The van der Waals surface area contributed by atoms with Crippen LogP contribution in [0.4, 0.5) is 0 Å². The molecule has 1 aliphatic heterocycles. The molecule has 3 nitrogen and oxygen atoms in total. The average Bonchev–Trinajstić information content (AvgIpc) is 2.71. The predicted octanol–water partition coefficient (Wildman–Crippen LogP) is 2.24. The molecule has 2 atom stereocenters. The number of ether oxygens (including phenoxy) is 2. The van der Waals surface area contributed by atoms with E-state index in [1.807, 2.05) is 19.1 Å². The molecule has 0 spiro atoms. The summed E-state index contributed by atoms with van der Waals surface area (Å²) in [5, 5.41) is 0. The summed E-state index contributed by atoms with van der Waals surface area (Å²) in [5.41, 5.74) is 0. The van der Waals surface area contributed by atoms with Crippen molar-refractivity contribution in [1.82, 2.24) is 0 Å². The standard InChI is InChI=1S/C9H11ClO3/c1-6-2-3-8(12-6)9-11-5-7(4-10)13-9/h2-3,7,9H,4-5H2,1H3/t7-,9-/m0/s1. The largest absolute Gasteiger partial charge is 0.461 e. The summed E-state index contributed by atoms with van der Waals surface area (Å²) in [6.07, 6.45) is -0.394. The predicted molar refractivity (Wildman–Crippen MR) is 47.7 cm³/mol. The molecule has 0 saturated carbocycles. The minimum Gasteiger partial charge on any atom is -0.461 e. The highest BCUT2D eigenvalue weighted by Gasteiger charge is 2.28. The van der Waals surface area contributed by atoms with Crippen molar-refractivity contribution < 1.29 is 13.9 Å². The minimum absolute atomic E-state index is 0.0166. The first-order chi connectivity index (χ1) is 6.29. The Morgan fingerprint density at radius 1 is 1.54 bits per heavy atom. The van der Waals surface area contributed by atoms with Crippen molar-refractivity contribution in [2.75, 3.05) is 12.5 Å². The van der Waals surface area contributed by atoms with E-state index in [9.17, 15) is 0 Å². The second kappa shape index (κ2) is 3.70. The number of hydrogen-bond acceptors (Lipinski definition) is 3. The minimum atomic E-state index is -0.377. The maximum Gasteiger partial charge on any atom is 0.217 e. The maximum absolute atomic E-state index is 5.63. The molecule has 2 rings (SSSR count). The van der Waals surface area contributed by atoms with E-state index in [1.165, 1.54) is 0 Å². The van der Waals surface area contributed by atoms with Gasteiger partial charge in [0.2, 0.25) is 6.29 Å². The van der Waals surface area contributed by atoms with E-state index in [4.69, 9.17) is 25.5 Å². The van der Waals surface area contributed by atoms with E-state index in [2.05, 4.69) is 0 Å². The molecule has 13 heavy (non-hydrogen) atoms. The van der Waals surface area contributed by atoms with E-state index in [1.54, 1.807) is 0 Å². The molecule has 0 amide bonds. The van der Waals surface area contributed by atoms with Crippen molar-refractivity contribution in [2.45, 2.75) is 19.3 Å². The molecule has 0 aliphatic carbocycles. The maximum atomic E-state index is 5.63. The number of rotatable bonds is 2.